The lowest BCUT2D eigenvalue weighted by atomic mass is 9.86. The standard InChI is InChI=1S/C26H23N/c1-4-10-22(11-5-1)26(23-12-6-2-7-13-23)20-21-16-18-25(19-17-21)27-24-14-8-3-9-15-24/h1-19,26-27H,20H2. The van der Waals surface area contributed by atoms with E-state index in [0.29, 0.717) is 5.92 Å². The fourth-order valence-corrected chi connectivity index (χ4v) is 3.45. The summed E-state index contributed by atoms with van der Waals surface area (Å²) in [6.45, 7) is 0. The quantitative estimate of drug-likeness (QED) is 0.403. The molecule has 0 aliphatic rings. The minimum atomic E-state index is 0.361. The van der Waals surface area contributed by atoms with Gasteiger partial charge in [-0.15, -0.1) is 0 Å². The molecule has 132 valence electrons. The van der Waals surface area contributed by atoms with Crippen molar-refractivity contribution >= 4 is 11.4 Å². The second kappa shape index (κ2) is 8.37. The first-order valence-corrected chi connectivity index (χ1v) is 9.39. The van der Waals surface area contributed by atoms with Gasteiger partial charge in [-0.25, -0.2) is 0 Å². The van der Waals surface area contributed by atoms with Crippen molar-refractivity contribution in [3.63, 3.8) is 0 Å². The van der Waals surface area contributed by atoms with Crippen LogP contribution in [-0.4, -0.2) is 0 Å². The average Bonchev–Trinajstić information content (AvgIpc) is 2.75. The summed E-state index contributed by atoms with van der Waals surface area (Å²) in [5.41, 5.74) is 6.27. The first-order valence-electron chi connectivity index (χ1n) is 9.39. The number of hydrogen-bond donors (Lipinski definition) is 1. The number of nitrogens with one attached hydrogen (secondary N) is 1. The van der Waals surface area contributed by atoms with E-state index >= 15 is 0 Å². The summed E-state index contributed by atoms with van der Waals surface area (Å²) in [5, 5.41) is 3.45. The Morgan fingerprint density at radius 1 is 0.481 bits per heavy atom. The van der Waals surface area contributed by atoms with Gasteiger partial charge >= 0.3 is 0 Å². The van der Waals surface area contributed by atoms with E-state index in [9.17, 15) is 0 Å². The Labute approximate surface area is 161 Å². The molecule has 4 rings (SSSR count). The summed E-state index contributed by atoms with van der Waals surface area (Å²) in [5.74, 6) is 0.361. The van der Waals surface area contributed by atoms with Crippen LogP contribution in [0.4, 0.5) is 11.4 Å². The molecule has 0 spiro atoms. The normalized spacial score (nSPS) is 10.7. The van der Waals surface area contributed by atoms with E-state index in [0.717, 1.165) is 17.8 Å². The van der Waals surface area contributed by atoms with Crippen LogP contribution < -0.4 is 5.32 Å². The zero-order valence-corrected chi connectivity index (χ0v) is 15.3. The molecule has 0 aliphatic heterocycles. The van der Waals surface area contributed by atoms with E-state index in [1.807, 2.05) is 18.2 Å². The second-order valence-corrected chi connectivity index (χ2v) is 6.77. The van der Waals surface area contributed by atoms with Gasteiger partial charge in [0.25, 0.3) is 0 Å². The van der Waals surface area contributed by atoms with Gasteiger partial charge in [-0.2, -0.15) is 0 Å². The Hall–Kier alpha value is -3.32. The molecule has 0 aromatic heterocycles. The Morgan fingerprint density at radius 3 is 1.44 bits per heavy atom. The van der Waals surface area contributed by atoms with Crippen LogP contribution in [0.25, 0.3) is 0 Å². The predicted molar refractivity (Wildman–Crippen MR) is 115 cm³/mol. The van der Waals surface area contributed by atoms with E-state index < -0.39 is 0 Å². The van der Waals surface area contributed by atoms with Gasteiger partial charge in [-0.05, 0) is 47.4 Å². The van der Waals surface area contributed by atoms with Gasteiger partial charge in [0.05, 0.1) is 0 Å². The number of para-hydroxylation sites is 1. The van der Waals surface area contributed by atoms with E-state index in [4.69, 9.17) is 0 Å². The van der Waals surface area contributed by atoms with Crippen molar-refractivity contribution < 1.29 is 0 Å². The summed E-state index contributed by atoms with van der Waals surface area (Å²) < 4.78 is 0. The fourth-order valence-electron chi connectivity index (χ4n) is 3.45. The number of hydrogen-bond acceptors (Lipinski definition) is 1. The monoisotopic (exact) mass is 349 g/mol. The molecule has 0 atom stereocenters. The van der Waals surface area contributed by atoms with Gasteiger partial charge in [-0.3, -0.25) is 0 Å². The summed E-state index contributed by atoms with van der Waals surface area (Å²) in [6.07, 6.45) is 0.986. The van der Waals surface area contributed by atoms with Crippen LogP contribution >= 0.6 is 0 Å². The van der Waals surface area contributed by atoms with Crippen LogP contribution in [0.1, 0.15) is 22.6 Å². The lowest BCUT2D eigenvalue weighted by molar-refractivity contribution is 0.805. The fraction of sp³-hybridized carbons (Fsp3) is 0.0769. The number of benzene rings is 4. The van der Waals surface area contributed by atoms with Crippen molar-refractivity contribution in [1.82, 2.24) is 0 Å². The van der Waals surface area contributed by atoms with Gasteiger partial charge in [0.2, 0.25) is 0 Å². The van der Waals surface area contributed by atoms with Crippen LogP contribution in [0.15, 0.2) is 115 Å². The SMILES string of the molecule is c1ccc(Nc2ccc(CC(c3ccccc3)c3ccccc3)cc2)cc1. The lowest BCUT2D eigenvalue weighted by Gasteiger charge is -2.18. The summed E-state index contributed by atoms with van der Waals surface area (Å²) >= 11 is 0. The Kier molecular flexibility index (Phi) is 5.31. The first-order chi connectivity index (χ1) is 13.4. The molecule has 0 fully saturated rings. The maximum Gasteiger partial charge on any atom is 0.0384 e. The maximum atomic E-state index is 3.45. The Bertz CT molecular complexity index is 906. The lowest BCUT2D eigenvalue weighted by Crippen LogP contribution is -2.05. The van der Waals surface area contributed by atoms with Crippen molar-refractivity contribution in [2.75, 3.05) is 5.32 Å². The maximum absolute atomic E-state index is 3.45. The summed E-state index contributed by atoms with van der Waals surface area (Å²) in [6, 6.07) is 40.6. The van der Waals surface area contributed by atoms with Crippen molar-refractivity contribution in [3.05, 3.63) is 132 Å². The number of rotatable bonds is 6. The van der Waals surface area contributed by atoms with Crippen LogP contribution in [-0.2, 0) is 6.42 Å². The molecule has 0 bridgehead atoms. The van der Waals surface area contributed by atoms with Crippen molar-refractivity contribution in [2.45, 2.75) is 12.3 Å². The van der Waals surface area contributed by atoms with Crippen LogP contribution in [0.5, 0.6) is 0 Å². The molecule has 0 radical (unpaired) electrons. The molecule has 0 heterocycles. The predicted octanol–water partition coefficient (Wildman–Crippen LogP) is 6.80. The molecular formula is C26H23N. The molecule has 27 heavy (non-hydrogen) atoms. The van der Waals surface area contributed by atoms with E-state index in [1.54, 1.807) is 0 Å². The smallest absolute Gasteiger partial charge is 0.0384 e. The molecule has 1 nitrogen and oxygen atoms in total. The van der Waals surface area contributed by atoms with Crippen LogP contribution in [0.2, 0.25) is 0 Å². The molecule has 0 saturated heterocycles. The Balaban J connectivity index is 1.55. The van der Waals surface area contributed by atoms with E-state index in [2.05, 4.69) is 102 Å². The molecular weight excluding hydrogens is 326 g/mol. The molecule has 0 amide bonds. The molecule has 0 unspecified atom stereocenters. The zero-order valence-electron chi connectivity index (χ0n) is 15.3. The Morgan fingerprint density at radius 2 is 0.926 bits per heavy atom. The third-order valence-electron chi connectivity index (χ3n) is 4.86. The highest BCUT2D eigenvalue weighted by Gasteiger charge is 2.14. The molecule has 1 heteroatoms. The zero-order chi connectivity index (χ0) is 18.3. The minimum Gasteiger partial charge on any atom is -0.356 e. The highest BCUT2D eigenvalue weighted by Crippen LogP contribution is 2.29. The molecule has 0 aliphatic carbocycles. The van der Waals surface area contributed by atoms with Gasteiger partial charge < -0.3 is 5.32 Å². The van der Waals surface area contributed by atoms with E-state index in [1.165, 1.54) is 16.7 Å². The van der Waals surface area contributed by atoms with E-state index in [-0.39, 0.29) is 0 Å². The summed E-state index contributed by atoms with van der Waals surface area (Å²) in [7, 11) is 0. The largest absolute Gasteiger partial charge is 0.356 e. The first kappa shape index (κ1) is 17.1. The molecule has 4 aromatic rings. The molecule has 0 saturated carbocycles. The van der Waals surface area contributed by atoms with Crippen LogP contribution in [0.3, 0.4) is 0 Å². The average molecular weight is 349 g/mol. The van der Waals surface area contributed by atoms with Crippen LogP contribution in [0, 0.1) is 0 Å². The van der Waals surface area contributed by atoms with Gasteiger partial charge in [0, 0.05) is 17.3 Å². The third kappa shape index (κ3) is 4.45. The van der Waals surface area contributed by atoms with Crippen molar-refractivity contribution in [1.29, 1.82) is 0 Å². The topological polar surface area (TPSA) is 12.0 Å². The van der Waals surface area contributed by atoms with Gasteiger partial charge in [0.1, 0.15) is 0 Å². The number of anilines is 2. The molecule has 4 aromatic carbocycles. The van der Waals surface area contributed by atoms with Gasteiger partial charge in [0.15, 0.2) is 0 Å². The third-order valence-corrected chi connectivity index (χ3v) is 4.86. The highest BCUT2D eigenvalue weighted by molar-refractivity contribution is 5.59. The van der Waals surface area contributed by atoms with Gasteiger partial charge in [-0.1, -0.05) is 91.0 Å². The van der Waals surface area contributed by atoms with Crippen molar-refractivity contribution in [2.24, 2.45) is 0 Å². The second-order valence-electron chi connectivity index (χ2n) is 6.77. The highest BCUT2D eigenvalue weighted by atomic mass is 14.9. The molecule has 1 N–H and O–H groups in total. The van der Waals surface area contributed by atoms with Crippen molar-refractivity contribution in [3.8, 4) is 0 Å². The summed E-state index contributed by atoms with van der Waals surface area (Å²) in [4.78, 5) is 0. The minimum absolute atomic E-state index is 0.361.